The molecule has 6 heteroatoms. The summed E-state index contributed by atoms with van der Waals surface area (Å²) < 4.78 is 5.26. The lowest BCUT2D eigenvalue weighted by atomic mass is 10.1. The van der Waals surface area contributed by atoms with Gasteiger partial charge in [-0.15, -0.1) is 0 Å². The molecule has 0 radical (unpaired) electrons. The van der Waals surface area contributed by atoms with E-state index in [0.29, 0.717) is 37.5 Å². The van der Waals surface area contributed by atoms with E-state index in [4.69, 9.17) is 4.74 Å². The third kappa shape index (κ3) is 4.57. The van der Waals surface area contributed by atoms with Crippen molar-refractivity contribution >= 4 is 17.6 Å². The van der Waals surface area contributed by atoms with Crippen molar-refractivity contribution in [3.05, 3.63) is 29.8 Å². The van der Waals surface area contributed by atoms with Crippen molar-refractivity contribution in [3.8, 4) is 5.75 Å². The minimum Gasteiger partial charge on any atom is -0.496 e. The number of methoxy groups -OCH3 is 1. The predicted octanol–water partition coefficient (Wildman–Crippen LogP) is 1.74. The van der Waals surface area contributed by atoms with E-state index in [2.05, 4.69) is 0 Å². The molecule has 130 valence electrons. The van der Waals surface area contributed by atoms with Gasteiger partial charge in [0, 0.05) is 39.0 Å². The summed E-state index contributed by atoms with van der Waals surface area (Å²) in [5, 5.41) is 0. The van der Waals surface area contributed by atoms with E-state index in [-0.39, 0.29) is 30.4 Å². The highest BCUT2D eigenvalue weighted by molar-refractivity contribution is 5.97. The average Bonchev–Trinajstić information content (AvgIpc) is 2.85. The third-order valence-electron chi connectivity index (χ3n) is 4.16. The van der Waals surface area contributed by atoms with Crippen molar-refractivity contribution in [2.45, 2.75) is 26.2 Å². The second-order valence-corrected chi connectivity index (χ2v) is 5.93. The topological polar surface area (TPSA) is 66.9 Å². The summed E-state index contributed by atoms with van der Waals surface area (Å²) in [4.78, 5) is 39.4. The summed E-state index contributed by atoms with van der Waals surface area (Å²) in [6.07, 6.45) is 1.25. The molecular formula is C18H24N2O4. The van der Waals surface area contributed by atoms with Crippen LogP contribution in [0.15, 0.2) is 24.3 Å². The summed E-state index contributed by atoms with van der Waals surface area (Å²) >= 11 is 0. The maximum atomic E-state index is 12.7. The lowest BCUT2D eigenvalue weighted by molar-refractivity contribution is -0.132. The Labute approximate surface area is 142 Å². The average molecular weight is 332 g/mol. The van der Waals surface area contributed by atoms with E-state index < -0.39 is 0 Å². The van der Waals surface area contributed by atoms with Crippen LogP contribution >= 0.6 is 0 Å². The fourth-order valence-corrected chi connectivity index (χ4v) is 2.80. The first-order valence-electron chi connectivity index (χ1n) is 8.22. The van der Waals surface area contributed by atoms with Gasteiger partial charge in [0.1, 0.15) is 11.5 Å². The fraction of sp³-hybridized carbons (Fsp3) is 0.500. The summed E-state index contributed by atoms with van der Waals surface area (Å²) in [5.41, 5.74) is 0.538. The van der Waals surface area contributed by atoms with Gasteiger partial charge < -0.3 is 19.3 Å². The second-order valence-electron chi connectivity index (χ2n) is 5.93. The summed E-state index contributed by atoms with van der Waals surface area (Å²) in [6.45, 7) is 3.70. The number of Topliss-reactive ketones (excluding diaryl/α,β-unsaturated/α-hetero) is 1. The number of ketones is 1. The van der Waals surface area contributed by atoms with Gasteiger partial charge in [0.2, 0.25) is 5.91 Å². The van der Waals surface area contributed by atoms with Crippen LogP contribution in [0, 0.1) is 0 Å². The van der Waals surface area contributed by atoms with E-state index in [9.17, 15) is 14.4 Å². The highest BCUT2D eigenvalue weighted by atomic mass is 16.5. The van der Waals surface area contributed by atoms with E-state index in [1.165, 1.54) is 6.92 Å². The Kier molecular flexibility index (Phi) is 6.35. The fourth-order valence-electron chi connectivity index (χ4n) is 2.80. The first-order chi connectivity index (χ1) is 11.5. The molecule has 0 atom stereocenters. The molecule has 6 nitrogen and oxygen atoms in total. The van der Waals surface area contributed by atoms with Gasteiger partial charge in [-0.05, 0) is 25.5 Å². The standard InChI is InChI=1S/C18H24N2O4/c1-14(21)8-9-17(22)19-10-5-11-20(13-12-19)18(23)15-6-3-4-7-16(15)24-2/h3-4,6-7H,5,8-13H2,1-2H3. The van der Waals surface area contributed by atoms with Crippen LogP contribution in [0.5, 0.6) is 5.75 Å². The van der Waals surface area contributed by atoms with Gasteiger partial charge in [0.25, 0.3) is 5.91 Å². The summed E-state index contributed by atoms with van der Waals surface area (Å²) in [5.74, 6) is 0.481. The number of amides is 2. The number of carbonyl (C=O) groups excluding carboxylic acids is 3. The molecule has 1 fully saturated rings. The van der Waals surface area contributed by atoms with Crippen molar-refractivity contribution < 1.29 is 19.1 Å². The molecule has 0 unspecified atom stereocenters. The lowest BCUT2D eigenvalue weighted by Gasteiger charge is -2.23. The van der Waals surface area contributed by atoms with Crippen LogP contribution in [0.3, 0.4) is 0 Å². The lowest BCUT2D eigenvalue weighted by Crippen LogP contribution is -2.37. The Morgan fingerprint density at radius 2 is 1.67 bits per heavy atom. The number of nitrogens with zero attached hydrogens (tertiary/aromatic N) is 2. The van der Waals surface area contributed by atoms with Crippen molar-refractivity contribution in [1.82, 2.24) is 9.80 Å². The van der Waals surface area contributed by atoms with Gasteiger partial charge >= 0.3 is 0 Å². The molecule has 0 N–H and O–H groups in total. The van der Waals surface area contributed by atoms with Crippen molar-refractivity contribution in [3.63, 3.8) is 0 Å². The molecule has 1 aromatic carbocycles. The Hall–Kier alpha value is -2.37. The Bertz CT molecular complexity index is 615. The molecule has 1 aromatic rings. The number of rotatable bonds is 5. The van der Waals surface area contributed by atoms with Crippen LogP contribution in [0.2, 0.25) is 0 Å². The smallest absolute Gasteiger partial charge is 0.257 e. The zero-order chi connectivity index (χ0) is 17.5. The molecule has 0 saturated carbocycles. The van der Waals surface area contributed by atoms with Gasteiger partial charge in [0.15, 0.2) is 0 Å². The van der Waals surface area contributed by atoms with Crippen LogP contribution in [-0.4, -0.2) is 60.7 Å². The molecule has 0 spiro atoms. The number of carbonyl (C=O) groups is 3. The maximum absolute atomic E-state index is 12.7. The third-order valence-corrected chi connectivity index (χ3v) is 4.16. The first-order valence-corrected chi connectivity index (χ1v) is 8.22. The molecule has 1 aliphatic heterocycles. The number of hydrogen-bond acceptors (Lipinski definition) is 4. The maximum Gasteiger partial charge on any atom is 0.257 e. The molecule has 1 aliphatic rings. The van der Waals surface area contributed by atoms with Crippen LogP contribution in [0.1, 0.15) is 36.5 Å². The van der Waals surface area contributed by atoms with Crippen molar-refractivity contribution in [2.75, 3.05) is 33.3 Å². The largest absolute Gasteiger partial charge is 0.496 e. The molecule has 2 rings (SSSR count). The molecule has 24 heavy (non-hydrogen) atoms. The van der Waals surface area contributed by atoms with Gasteiger partial charge in [-0.2, -0.15) is 0 Å². The quantitative estimate of drug-likeness (QED) is 0.824. The van der Waals surface area contributed by atoms with Crippen LogP contribution in [0.4, 0.5) is 0 Å². The first kappa shape index (κ1) is 18.0. The van der Waals surface area contributed by atoms with Crippen molar-refractivity contribution in [2.24, 2.45) is 0 Å². The number of ether oxygens (including phenoxy) is 1. The monoisotopic (exact) mass is 332 g/mol. The molecule has 2 amide bonds. The van der Waals surface area contributed by atoms with E-state index in [0.717, 1.165) is 6.42 Å². The van der Waals surface area contributed by atoms with Gasteiger partial charge in [-0.3, -0.25) is 9.59 Å². The molecule has 1 saturated heterocycles. The van der Waals surface area contributed by atoms with Crippen LogP contribution < -0.4 is 4.74 Å². The number of para-hydroxylation sites is 1. The minimum absolute atomic E-state index is 0.0169. The molecule has 0 aliphatic carbocycles. The number of hydrogen-bond donors (Lipinski definition) is 0. The molecular weight excluding hydrogens is 308 g/mol. The van der Waals surface area contributed by atoms with Gasteiger partial charge in [-0.25, -0.2) is 0 Å². The van der Waals surface area contributed by atoms with Crippen LogP contribution in [0.25, 0.3) is 0 Å². The molecule has 1 heterocycles. The Morgan fingerprint density at radius 3 is 2.38 bits per heavy atom. The Morgan fingerprint density at radius 1 is 1.00 bits per heavy atom. The van der Waals surface area contributed by atoms with E-state index in [1.54, 1.807) is 29.0 Å². The predicted molar refractivity (Wildman–Crippen MR) is 90.0 cm³/mol. The van der Waals surface area contributed by atoms with Gasteiger partial charge in [-0.1, -0.05) is 12.1 Å². The zero-order valence-corrected chi connectivity index (χ0v) is 14.3. The summed E-state index contributed by atoms with van der Waals surface area (Å²) in [7, 11) is 1.55. The normalized spacial score (nSPS) is 14.9. The second kappa shape index (κ2) is 8.47. The highest BCUT2D eigenvalue weighted by Gasteiger charge is 2.24. The van der Waals surface area contributed by atoms with Crippen molar-refractivity contribution in [1.29, 1.82) is 0 Å². The zero-order valence-electron chi connectivity index (χ0n) is 14.3. The SMILES string of the molecule is COc1ccccc1C(=O)N1CCCN(C(=O)CCC(C)=O)CC1. The minimum atomic E-state index is -0.0783. The van der Waals surface area contributed by atoms with E-state index >= 15 is 0 Å². The van der Waals surface area contributed by atoms with Crippen LogP contribution in [-0.2, 0) is 9.59 Å². The summed E-state index contributed by atoms with van der Waals surface area (Å²) in [6, 6.07) is 7.16. The molecule has 0 aromatic heterocycles. The molecule has 0 bridgehead atoms. The van der Waals surface area contributed by atoms with Gasteiger partial charge in [0.05, 0.1) is 12.7 Å². The highest BCUT2D eigenvalue weighted by Crippen LogP contribution is 2.20. The van der Waals surface area contributed by atoms with E-state index in [1.807, 2.05) is 12.1 Å². The number of benzene rings is 1. The Balaban J connectivity index is 1.98.